The predicted octanol–water partition coefficient (Wildman–Crippen LogP) is 1.66. The van der Waals surface area contributed by atoms with Crippen molar-refractivity contribution >= 4 is 15.5 Å². The van der Waals surface area contributed by atoms with Crippen molar-refractivity contribution in [3.05, 3.63) is 24.3 Å². The topological polar surface area (TPSA) is 66.4 Å². The van der Waals surface area contributed by atoms with Crippen LogP contribution in [0.15, 0.2) is 29.2 Å². The molecule has 1 rings (SSSR count). The van der Waals surface area contributed by atoms with E-state index in [0.717, 1.165) is 5.69 Å². The highest BCUT2D eigenvalue weighted by atomic mass is 32.2. The van der Waals surface area contributed by atoms with Crippen LogP contribution in [0.3, 0.4) is 0 Å². The number of benzene rings is 1. The van der Waals surface area contributed by atoms with Gasteiger partial charge < -0.3 is 10.4 Å². The number of aliphatic hydroxyl groups excluding tert-OH is 1. The van der Waals surface area contributed by atoms with Crippen molar-refractivity contribution in [1.82, 2.24) is 0 Å². The van der Waals surface area contributed by atoms with Gasteiger partial charge in [-0.25, -0.2) is 8.42 Å². The van der Waals surface area contributed by atoms with Crippen LogP contribution >= 0.6 is 0 Å². The van der Waals surface area contributed by atoms with Crippen molar-refractivity contribution in [3.8, 4) is 0 Å². The lowest BCUT2D eigenvalue weighted by Gasteiger charge is -2.16. The van der Waals surface area contributed by atoms with Crippen LogP contribution in [-0.4, -0.2) is 31.9 Å². The van der Waals surface area contributed by atoms with E-state index in [1.165, 1.54) is 6.26 Å². The molecule has 2 N–H and O–H groups in total. The van der Waals surface area contributed by atoms with Crippen molar-refractivity contribution in [2.75, 3.05) is 11.6 Å². The molecule has 2 unspecified atom stereocenters. The third-order valence-electron chi connectivity index (χ3n) is 2.39. The summed E-state index contributed by atoms with van der Waals surface area (Å²) in [6.07, 6.45) is 1.48. The summed E-state index contributed by atoms with van der Waals surface area (Å²) < 4.78 is 22.5. The molecule has 2 atom stereocenters. The molecule has 0 aliphatic heterocycles. The van der Waals surface area contributed by atoms with Gasteiger partial charge in [0.2, 0.25) is 0 Å². The van der Waals surface area contributed by atoms with Gasteiger partial charge in [0.1, 0.15) is 0 Å². The monoisotopic (exact) mass is 257 g/mol. The van der Waals surface area contributed by atoms with E-state index in [2.05, 4.69) is 5.32 Å². The molecule has 0 radical (unpaired) electrons. The molecule has 1 aromatic rings. The molecule has 17 heavy (non-hydrogen) atoms. The molecule has 1 aromatic carbocycles. The second-order valence-corrected chi connectivity index (χ2v) is 6.44. The smallest absolute Gasteiger partial charge is 0.175 e. The Morgan fingerprint density at radius 1 is 1.24 bits per heavy atom. The Kier molecular flexibility index (Phi) is 4.54. The summed E-state index contributed by atoms with van der Waals surface area (Å²) in [5.74, 6) is 0. The fourth-order valence-corrected chi connectivity index (χ4v) is 2.28. The van der Waals surface area contributed by atoms with E-state index in [1.807, 2.05) is 6.92 Å². The Morgan fingerprint density at radius 2 is 1.76 bits per heavy atom. The first-order chi connectivity index (χ1) is 7.79. The van der Waals surface area contributed by atoms with Crippen molar-refractivity contribution in [2.45, 2.75) is 37.3 Å². The van der Waals surface area contributed by atoms with E-state index < -0.39 is 9.84 Å². The van der Waals surface area contributed by atoms with Crippen LogP contribution in [0.25, 0.3) is 0 Å². The number of nitrogens with one attached hydrogen (secondary N) is 1. The van der Waals surface area contributed by atoms with Gasteiger partial charge in [-0.2, -0.15) is 0 Å². The molecular weight excluding hydrogens is 238 g/mol. The van der Waals surface area contributed by atoms with Crippen LogP contribution in [0.2, 0.25) is 0 Å². The van der Waals surface area contributed by atoms with E-state index in [0.29, 0.717) is 11.3 Å². The van der Waals surface area contributed by atoms with Crippen LogP contribution in [-0.2, 0) is 9.84 Å². The zero-order valence-electron chi connectivity index (χ0n) is 10.3. The quantitative estimate of drug-likeness (QED) is 0.842. The van der Waals surface area contributed by atoms with Crippen LogP contribution in [0.5, 0.6) is 0 Å². The molecule has 96 valence electrons. The molecule has 0 spiro atoms. The number of aliphatic hydroxyl groups is 1. The number of hydrogen-bond donors (Lipinski definition) is 2. The summed E-state index contributed by atoms with van der Waals surface area (Å²) in [6, 6.07) is 6.75. The minimum absolute atomic E-state index is 0.138. The number of sulfone groups is 1. The largest absolute Gasteiger partial charge is 0.393 e. The average Bonchev–Trinajstić information content (AvgIpc) is 2.15. The molecule has 0 bridgehead atoms. The van der Waals surface area contributed by atoms with Gasteiger partial charge >= 0.3 is 0 Å². The number of rotatable bonds is 5. The van der Waals surface area contributed by atoms with Gasteiger partial charge in [0, 0.05) is 18.0 Å². The molecule has 0 aromatic heterocycles. The summed E-state index contributed by atoms with van der Waals surface area (Å²) in [7, 11) is -3.13. The van der Waals surface area contributed by atoms with E-state index in [9.17, 15) is 13.5 Å². The van der Waals surface area contributed by atoms with Gasteiger partial charge in [0.05, 0.1) is 11.0 Å². The number of hydrogen-bond acceptors (Lipinski definition) is 4. The van der Waals surface area contributed by atoms with Gasteiger partial charge in [-0.3, -0.25) is 0 Å². The van der Waals surface area contributed by atoms with E-state index >= 15 is 0 Å². The van der Waals surface area contributed by atoms with Crippen molar-refractivity contribution in [1.29, 1.82) is 0 Å². The number of anilines is 1. The highest BCUT2D eigenvalue weighted by Gasteiger charge is 2.08. The molecule has 4 nitrogen and oxygen atoms in total. The lowest BCUT2D eigenvalue weighted by Crippen LogP contribution is -2.20. The molecule has 0 fully saturated rings. The highest BCUT2D eigenvalue weighted by Crippen LogP contribution is 2.15. The summed E-state index contributed by atoms with van der Waals surface area (Å²) >= 11 is 0. The second-order valence-electron chi connectivity index (χ2n) is 4.43. The van der Waals surface area contributed by atoms with Crippen LogP contribution in [0.1, 0.15) is 20.3 Å². The van der Waals surface area contributed by atoms with Gasteiger partial charge in [0.15, 0.2) is 9.84 Å². The third kappa shape index (κ3) is 4.75. The molecule has 5 heteroatoms. The Morgan fingerprint density at radius 3 is 2.18 bits per heavy atom. The molecule has 0 amide bonds. The SMILES string of the molecule is CC(O)CC(C)Nc1ccc(S(C)(=O)=O)cc1. The Hall–Kier alpha value is -1.07. The zero-order valence-corrected chi connectivity index (χ0v) is 11.2. The minimum Gasteiger partial charge on any atom is -0.393 e. The van der Waals surface area contributed by atoms with Gasteiger partial charge in [-0.1, -0.05) is 0 Å². The first-order valence-corrected chi connectivity index (χ1v) is 7.43. The zero-order chi connectivity index (χ0) is 13.1. The molecule has 0 saturated heterocycles. The minimum atomic E-state index is -3.13. The molecular formula is C12H19NO3S. The Labute approximate surface area is 103 Å². The van der Waals surface area contributed by atoms with Crippen molar-refractivity contribution < 1.29 is 13.5 Å². The molecule has 0 aliphatic carbocycles. The highest BCUT2D eigenvalue weighted by molar-refractivity contribution is 7.90. The van der Waals surface area contributed by atoms with Gasteiger partial charge in [-0.15, -0.1) is 0 Å². The summed E-state index contributed by atoms with van der Waals surface area (Å²) in [6.45, 7) is 3.71. The maximum Gasteiger partial charge on any atom is 0.175 e. The van der Waals surface area contributed by atoms with E-state index in [-0.39, 0.29) is 12.1 Å². The predicted molar refractivity (Wildman–Crippen MR) is 68.9 cm³/mol. The van der Waals surface area contributed by atoms with Crippen molar-refractivity contribution in [2.24, 2.45) is 0 Å². The molecule has 0 heterocycles. The molecule has 0 aliphatic rings. The van der Waals surface area contributed by atoms with Crippen LogP contribution in [0, 0.1) is 0 Å². The van der Waals surface area contributed by atoms with Gasteiger partial charge in [-0.05, 0) is 44.5 Å². The standard InChI is InChI=1S/C12H19NO3S/c1-9(8-10(2)14)13-11-4-6-12(7-5-11)17(3,15)16/h4-7,9-10,13-14H,8H2,1-3H3. The van der Waals surface area contributed by atoms with E-state index in [4.69, 9.17) is 0 Å². The summed E-state index contributed by atoms with van der Waals surface area (Å²) in [5, 5.41) is 12.4. The normalized spacial score (nSPS) is 15.3. The van der Waals surface area contributed by atoms with Gasteiger partial charge in [0.25, 0.3) is 0 Å². The Balaban J connectivity index is 2.69. The fraction of sp³-hybridized carbons (Fsp3) is 0.500. The van der Waals surface area contributed by atoms with E-state index in [1.54, 1.807) is 31.2 Å². The second kappa shape index (κ2) is 5.51. The fourth-order valence-electron chi connectivity index (χ4n) is 1.65. The summed E-state index contributed by atoms with van der Waals surface area (Å²) in [4.78, 5) is 0.311. The molecule has 0 saturated carbocycles. The van der Waals surface area contributed by atoms with Crippen LogP contribution < -0.4 is 5.32 Å². The lowest BCUT2D eigenvalue weighted by molar-refractivity contribution is 0.179. The summed E-state index contributed by atoms with van der Waals surface area (Å²) in [5.41, 5.74) is 0.852. The third-order valence-corrected chi connectivity index (χ3v) is 3.52. The average molecular weight is 257 g/mol. The maximum absolute atomic E-state index is 11.3. The first-order valence-electron chi connectivity index (χ1n) is 5.54. The Bertz CT molecular complexity index is 451. The van der Waals surface area contributed by atoms with Crippen molar-refractivity contribution in [3.63, 3.8) is 0 Å². The first kappa shape index (κ1) is 14.0. The maximum atomic E-state index is 11.3. The van der Waals surface area contributed by atoms with Crippen LogP contribution in [0.4, 0.5) is 5.69 Å². The lowest BCUT2D eigenvalue weighted by atomic mass is 10.1.